The second-order valence-corrected chi connectivity index (χ2v) is 6.10. The zero-order valence-corrected chi connectivity index (χ0v) is 13.1. The molecule has 0 unspecified atom stereocenters. The number of amides is 1. The molecule has 1 aromatic heterocycles. The normalized spacial score (nSPS) is 20.0. The number of carbonyl (C=O) groups is 1. The molecular weight excluding hydrogens is 290 g/mol. The third kappa shape index (κ3) is 2.52. The summed E-state index contributed by atoms with van der Waals surface area (Å²) in [4.78, 5) is 14.9. The van der Waals surface area contributed by atoms with E-state index in [-0.39, 0.29) is 11.9 Å². The minimum absolute atomic E-state index is 0.0749. The van der Waals surface area contributed by atoms with E-state index in [1.165, 1.54) is 0 Å². The lowest BCUT2D eigenvalue weighted by Gasteiger charge is -2.26. The number of hydrogen-bond acceptors (Lipinski definition) is 3. The zero-order chi connectivity index (χ0) is 15.8. The van der Waals surface area contributed by atoms with Crippen LogP contribution in [0.15, 0.2) is 42.2 Å². The molecule has 1 saturated heterocycles. The monoisotopic (exact) mass is 309 g/mol. The number of ether oxygens (including phenoxy) is 1. The lowest BCUT2D eigenvalue weighted by molar-refractivity contribution is -0.128. The Balaban J connectivity index is 1.60. The van der Waals surface area contributed by atoms with Gasteiger partial charge in [-0.15, -0.1) is 0 Å². The third-order valence-corrected chi connectivity index (χ3v) is 4.53. The van der Waals surface area contributed by atoms with E-state index in [0.717, 1.165) is 41.8 Å². The molecule has 2 aliphatic heterocycles. The van der Waals surface area contributed by atoms with Gasteiger partial charge >= 0.3 is 0 Å². The van der Waals surface area contributed by atoms with E-state index in [2.05, 4.69) is 5.10 Å². The molecule has 118 valence electrons. The third-order valence-electron chi connectivity index (χ3n) is 4.53. The highest BCUT2D eigenvalue weighted by Crippen LogP contribution is 2.34. The molecule has 23 heavy (non-hydrogen) atoms. The molecule has 0 radical (unpaired) electrons. The van der Waals surface area contributed by atoms with E-state index in [9.17, 15) is 4.79 Å². The topological polar surface area (TPSA) is 47.4 Å². The number of aryl methyl sites for hydroxylation is 1. The molecule has 0 aliphatic carbocycles. The van der Waals surface area contributed by atoms with Crippen LogP contribution in [0.1, 0.15) is 30.0 Å². The number of fused-ring (bicyclic) bond motifs is 1. The van der Waals surface area contributed by atoms with Crippen molar-refractivity contribution in [2.75, 3.05) is 13.2 Å². The Morgan fingerprint density at radius 2 is 2.22 bits per heavy atom. The quantitative estimate of drug-likeness (QED) is 0.856. The smallest absolute Gasteiger partial charge is 0.253 e. The zero-order valence-electron chi connectivity index (χ0n) is 13.1. The van der Waals surface area contributed by atoms with Crippen LogP contribution in [0.4, 0.5) is 0 Å². The van der Waals surface area contributed by atoms with E-state index in [1.54, 1.807) is 4.68 Å². The molecule has 5 heteroatoms. The van der Waals surface area contributed by atoms with Crippen LogP contribution < -0.4 is 4.74 Å². The van der Waals surface area contributed by atoms with Crippen LogP contribution in [0, 0.1) is 0 Å². The first-order valence-electron chi connectivity index (χ1n) is 7.94. The fraction of sp³-hybridized carbons (Fsp3) is 0.333. The number of aromatic nitrogens is 2. The van der Waals surface area contributed by atoms with Crippen LogP contribution in [-0.4, -0.2) is 33.7 Å². The molecule has 0 spiro atoms. The predicted molar refractivity (Wildman–Crippen MR) is 86.8 cm³/mol. The van der Waals surface area contributed by atoms with Crippen molar-refractivity contribution in [1.29, 1.82) is 0 Å². The molecule has 0 bridgehead atoms. The van der Waals surface area contributed by atoms with Crippen molar-refractivity contribution in [2.45, 2.75) is 18.9 Å². The average Bonchev–Trinajstić information content (AvgIpc) is 3.22. The van der Waals surface area contributed by atoms with Crippen LogP contribution >= 0.6 is 0 Å². The summed E-state index contributed by atoms with van der Waals surface area (Å²) >= 11 is 0. The number of carbonyl (C=O) groups excluding carboxylic acids is 1. The average molecular weight is 309 g/mol. The second-order valence-electron chi connectivity index (χ2n) is 6.10. The van der Waals surface area contributed by atoms with Crippen molar-refractivity contribution in [3.8, 4) is 5.75 Å². The van der Waals surface area contributed by atoms with Crippen LogP contribution in [0.2, 0.25) is 0 Å². The Kier molecular flexibility index (Phi) is 3.41. The first kappa shape index (κ1) is 14.1. The number of likely N-dealkylation sites (tertiary alicyclic amines) is 1. The summed E-state index contributed by atoms with van der Waals surface area (Å²) in [5.74, 6) is 0.917. The van der Waals surface area contributed by atoms with Gasteiger partial charge < -0.3 is 9.64 Å². The van der Waals surface area contributed by atoms with Crippen LogP contribution in [-0.2, 0) is 11.8 Å². The van der Waals surface area contributed by atoms with Crippen molar-refractivity contribution in [3.63, 3.8) is 0 Å². The number of nitrogens with zero attached hydrogens (tertiary/aromatic N) is 3. The standard InChI is InChI=1S/C18H19N3O2/c1-20-11-15(10-19-20)16-6-4-8-21(16)18(22)14-9-13-5-2-3-7-17(13)23-12-14/h2-3,5,7,9-11,16H,4,6,8,12H2,1H3/t16-/m1/s1. The lowest BCUT2D eigenvalue weighted by atomic mass is 10.0. The van der Waals surface area contributed by atoms with E-state index in [0.29, 0.717) is 6.61 Å². The summed E-state index contributed by atoms with van der Waals surface area (Å²) in [5, 5.41) is 4.24. The Labute approximate surface area is 135 Å². The molecule has 0 N–H and O–H groups in total. The SMILES string of the molecule is Cn1cc([C@H]2CCCN2C(=O)C2=Cc3ccccc3OC2)cn1. The highest BCUT2D eigenvalue weighted by Gasteiger charge is 2.33. The fourth-order valence-electron chi connectivity index (χ4n) is 3.39. The van der Waals surface area contributed by atoms with E-state index >= 15 is 0 Å². The fourth-order valence-corrected chi connectivity index (χ4v) is 3.39. The lowest BCUT2D eigenvalue weighted by Crippen LogP contribution is -2.33. The Morgan fingerprint density at radius 3 is 3.04 bits per heavy atom. The Bertz CT molecular complexity index is 778. The molecule has 1 aromatic carbocycles. The largest absolute Gasteiger partial charge is 0.488 e. The molecule has 1 atom stereocenters. The van der Waals surface area contributed by atoms with E-state index < -0.39 is 0 Å². The van der Waals surface area contributed by atoms with Gasteiger partial charge in [-0.05, 0) is 25.0 Å². The second kappa shape index (κ2) is 5.57. The maximum Gasteiger partial charge on any atom is 0.253 e. The number of benzene rings is 1. The van der Waals surface area contributed by atoms with Gasteiger partial charge in [0.2, 0.25) is 0 Å². The van der Waals surface area contributed by atoms with Crippen LogP contribution in [0.3, 0.4) is 0 Å². The first-order valence-corrected chi connectivity index (χ1v) is 7.94. The van der Waals surface area contributed by atoms with E-state index in [4.69, 9.17) is 4.74 Å². The molecule has 1 amide bonds. The highest BCUT2D eigenvalue weighted by molar-refractivity contribution is 5.99. The number of hydrogen-bond donors (Lipinski definition) is 0. The molecule has 1 fully saturated rings. The first-order chi connectivity index (χ1) is 11.2. The van der Waals surface area contributed by atoms with Crippen molar-refractivity contribution in [1.82, 2.24) is 14.7 Å². The minimum atomic E-state index is 0.0749. The molecule has 0 saturated carbocycles. The summed E-state index contributed by atoms with van der Waals surface area (Å²) in [7, 11) is 1.90. The maximum atomic E-state index is 13.0. The van der Waals surface area contributed by atoms with Gasteiger partial charge in [-0.2, -0.15) is 5.10 Å². The summed E-state index contributed by atoms with van der Waals surface area (Å²) in [5.41, 5.74) is 2.80. The van der Waals surface area contributed by atoms with Gasteiger partial charge in [-0.25, -0.2) is 0 Å². The molecule has 2 aromatic rings. The highest BCUT2D eigenvalue weighted by atomic mass is 16.5. The van der Waals surface area contributed by atoms with Crippen molar-refractivity contribution >= 4 is 12.0 Å². The molecule has 3 heterocycles. The van der Waals surface area contributed by atoms with Gasteiger partial charge in [-0.3, -0.25) is 9.48 Å². The van der Waals surface area contributed by atoms with Gasteiger partial charge in [0.25, 0.3) is 5.91 Å². The minimum Gasteiger partial charge on any atom is -0.488 e. The Hall–Kier alpha value is -2.56. The molecule has 2 aliphatic rings. The summed E-state index contributed by atoms with van der Waals surface area (Å²) in [6, 6.07) is 7.93. The van der Waals surface area contributed by atoms with Gasteiger partial charge in [0.05, 0.1) is 17.8 Å². The Morgan fingerprint density at radius 1 is 1.35 bits per heavy atom. The number of rotatable bonds is 2. The van der Waals surface area contributed by atoms with Crippen molar-refractivity contribution in [3.05, 3.63) is 53.4 Å². The summed E-state index contributed by atoms with van der Waals surface area (Å²) < 4.78 is 7.52. The van der Waals surface area contributed by atoms with Gasteiger partial charge in [0.1, 0.15) is 12.4 Å². The summed E-state index contributed by atoms with van der Waals surface area (Å²) in [6.07, 6.45) is 7.83. The molecule has 4 rings (SSSR count). The van der Waals surface area contributed by atoms with Crippen LogP contribution in [0.25, 0.3) is 6.08 Å². The molecule has 5 nitrogen and oxygen atoms in total. The maximum absolute atomic E-state index is 13.0. The van der Waals surface area contributed by atoms with Crippen molar-refractivity contribution < 1.29 is 9.53 Å². The predicted octanol–water partition coefficient (Wildman–Crippen LogP) is 2.56. The van der Waals surface area contributed by atoms with Crippen LogP contribution in [0.5, 0.6) is 5.75 Å². The number of para-hydroxylation sites is 1. The van der Waals surface area contributed by atoms with Gasteiger partial charge in [0, 0.05) is 30.9 Å². The van der Waals surface area contributed by atoms with Gasteiger partial charge in [-0.1, -0.05) is 18.2 Å². The van der Waals surface area contributed by atoms with E-state index in [1.807, 2.05) is 54.7 Å². The van der Waals surface area contributed by atoms with Crippen molar-refractivity contribution in [2.24, 2.45) is 7.05 Å². The summed E-state index contributed by atoms with van der Waals surface area (Å²) in [6.45, 7) is 1.13. The molecular formula is C18H19N3O2. The van der Waals surface area contributed by atoms with Gasteiger partial charge in [0.15, 0.2) is 0 Å².